The van der Waals surface area contributed by atoms with Gasteiger partial charge in [-0.2, -0.15) is 0 Å². The highest BCUT2D eigenvalue weighted by Gasteiger charge is 2.34. The van der Waals surface area contributed by atoms with E-state index in [1.54, 1.807) is 13.1 Å². The van der Waals surface area contributed by atoms with Crippen LogP contribution in [-0.2, 0) is 19.5 Å². The van der Waals surface area contributed by atoms with Gasteiger partial charge >= 0.3 is 0 Å². The number of nitrogens with one attached hydrogen (secondary N) is 1. The van der Waals surface area contributed by atoms with E-state index < -0.39 is 16.1 Å². The number of furan rings is 1. The van der Waals surface area contributed by atoms with Gasteiger partial charge in [0.1, 0.15) is 11.3 Å². The molecule has 1 aromatic heterocycles. The lowest BCUT2D eigenvalue weighted by molar-refractivity contribution is -0.0335. The highest BCUT2D eigenvalue weighted by molar-refractivity contribution is 7.92. The second kappa shape index (κ2) is 10.1. The summed E-state index contributed by atoms with van der Waals surface area (Å²) in [6.45, 7) is 7.57. The Kier molecular flexibility index (Phi) is 7.01. The molecule has 2 unspecified atom stereocenters. The Morgan fingerprint density at radius 3 is 2.49 bits per heavy atom. The molecule has 198 valence electrons. The summed E-state index contributed by atoms with van der Waals surface area (Å²) < 4.78 is 45.5. The first kappa shape index (κ1) is 25.7. The van der Waals surface area contributed by atoms with Crippen molar-refractivity contribution in [2.24, 2.45) is 0 Å². The third-order valence-electron chi connectivity index (χ3n) is 7.04. The fraction of sp³-hybridized carbons (Fsp3) is 0.444. The van der Waals surface area contributed by atoms with E-state index in [9.17, 15) is 13.2 Å². The van der Waals surface area contributed by atoms with Crippen LogP contribution in [0.3, 0.4) is 0 Å². The van der Waals surface area contributed by atoms with Crippen LogP contribution in [0.1, 0.15) is 34.5 Å². The second-order valence-corrected chi connectivity index (χ2v) is 11.7. The number of anilines is 1. The van der Waals surface area contributed by atoms with Crippen molar-refractivity contribution >= 4 is 32.6 Å². The normalized spacial score (nSPS) is 21.0. The van der Waals surface area contributed by atoms with Crippen molar-refractivity contribution in [1.82, 2.24) is 10.2 Å². The van der Waals surface area contributed by atoms with Crippen molar-refractivity contribution in [3.05, 3.63) is 53.1 Å². The molecule has 2 aromatic carbocycles. The van der Waals surface area contributed by atoms with Crippen molar-refractivity contribution in [2.75, 3.05) is 57.0 Å². The monoisotopic (exact) mass is 527 g/mol. The minimum Gasteiger partial charge on any atom is -0.455 e. The number of aryl methyl sites for hydroxylation is 1. The molecule has 1 N–H and O–H groups in total. The molecular formula is C27H33N3O6S. The molecule has 2 atom stereocenters. The van der Waals surface area contributed by atoms with Crippen molar-refractivity contribution in [3.63, 3.8) is 0 Å². The van der Waals surface area contributed by atoms with Crippen LogP contribution < -0.4 is 9.62 Å². The van der Waals surface area contributed by atoms with Crippen LogP contribution in [0, 0.1) is 6.92 Å². The molecular weight excluding hydrogens is 494 g/mol. The highest BCUT2D eigenvalue weighted by atomic mass is 32.2. The third-order valence-corrected chi connectivity index (χ3v) is 8.19. The SMILES string of the molecule is CNC(=O)c1c(-c2ccc(C)cc2)oc2cc3c(cc12)C(C)OC(CN1CCOCC1)CN3S(C)(=O)=O. The zero-order valence-electron chi connectivity index (χ0n) is 21.6. The quantitative estimate of drug-likeness (QED) is 0.543. The second-order valence-electron chi connectivity index (χ2n) is 9.77. The van der Waals surface area contributed by atoms with Crippen LogP contribution in [0.2, 0.25) is 0 Å². The minimum atomic E-state index is -3.62. The number of fused-ring (bicyclic) bond motifs is 2. The Balaban J connectivity index is 1.63. The number of benzene rings is 2. The molecule has 0 saturated carbocycles. The number of rotatable bonds is 5. The molecule has 0 aliphatic carbocycles. The Bertz CT molecular complexity index is 1410. The molecule has 3 aromatic rings. The van der Waals surface area contributed by atoms with Gasteiger partial charge in [0.05, 0.1) is 49.5 Å². The van der Waals surface area contributed by atoms with Gasteiger partial charge < -0.3 is 19.2 Å². The molecule has 1 amide bonds. The van der Waals surface area contributed by atoms with E-state index in [4.69, 9.17) is 13.9 Å². The molecule has 37 heavy (non-hydrogen) atoms. The third kappa shape index (κ3) is 5.11. The van der Waals surface area contributed by atoms with E-state index >= 15 is 0 Å². The summed E-state index contributed by atoms with van der Waals surface area (Å²) in [6, 6.07) is 11.3. The van der Waals surface area contributed by atoms with Crippen LogP contribution in [0.25, 0.3) is 22.3 Å². The van der Waals surface area contributed by atoms with E-state index in [2.05, 4.69) is 10.2 Å². The number of hydrogen-bond acceptors (Lipinski definition) is 7. The average Bonchev–Trinajstić information content (AvgIpc) is 3.18. The van der Waals surface area contributed by atoms with Crippen molar-refractivity contribution in [2.45, 2.75) is 26.1 Å². The van der Waals surface area contributed by atoms with E-state index in [0.29, 0.717) is 53.3 Å². The maximum Gasteiger partial charge on any atom is 0.255 e. The predicted octanol–water partition coefficient (Wildman–Crippen LogP) is 3.33. The molecule has 9 nitrogen and oxygen atoms in total. The smallest absolute Gasteiger partial charge is 0.255 e. The average molecular weight is 528 g/mol. The Morgan fingerprint density at radius 1 is 1.14 bits per heavy atom. The summed E-state index contributed by atoms with van der Waals surface area (Å²) in [7, 11) is -2.04. The summed E-state index contributed by atoms with van der Waals surface area (Å²) >= 11 is 0. The van der Waals surface area contributed by atoms with E-state index in [1.165, 1.54) is 10.6 Å². The standard InChI is InChI=1S/C27H33N3O6S/c1-17-5-7-19(8-6-17)26-25(27(31)28-3)22-13-21-18(2)35-20(15-29-9-11-34-12-10-29)16-30(37(4,32)33)23(21)14-24(22)36-26/h5-8,13-14,18,20H,9-12,15-16H2,1-4H3,(H,28,31). The van der Waals surface area contributed by atoms with Gasteiger partial charge in [0.15, 0.2) is 0 Å². The van der Waals surface area contributed by atoms with E-state index in [1.807, 2.05) is 44.2 Å². The maximum absolute atomic E-state index is 13.0. The summed E-state index contributed by atoms with van der Waals surface area (Å²) in [5.74, 6) is 0.167. The lowest BCUT2D eigenvalue weighted by Gasteiger charge is -2.32. The molecule has 0 bridgehead atoms. The summed E-state index contributed by atoms with van der Waals surface area (Å²) in [5.41, 5.74) is 3.93. The van der Waals surface area contributed by atoms with Gasteiger partial charge in [0.25, 0.3) is 5.91 Å². The molecule has 2 aliphatic heterocycles. The van der Waals surface area contributed by atoms with E-state index in [0.717, 1.165) is 24.2 Å². The first-order chi connectivity index (χ1) is 17.7. The molecule has 0 radical (unpaired) electrons. The van der Waals surface area contributed by atoms with Crippen LogP contribution in [0.4, 0.5) is 5.69 Å². The topological polar surface area (TPSA) is 101 Å². The van der Waals surface area contributed by atoms with Gasteiger partial charge in [0, 0.05) is 49.3 Å². The number of amides is 1. The van der Waals surface area contributed by atoms with Gasteiger partial charge in [-0.15, -0.1) is 0 Å². The summed E-state index contributed by atoms with van der Waals surface area (Å²) in [6.07, 6.45) is 0.481. The number of nitrogens with zero attached hydrogens (tertiary/aromatic N) is 2. The van der Waals surface area contributed by atoms with Crippen LogP contribution >= 0.6 is 0 Å². The number of ether oxygens (including phenoxy) is 2. The van der Waals surface area contributed by atoms with Crippen molar-refractivity contribution < 1.29 is 27.1 Å². The molecule has 10 heteroatoms. The van der Waals surface area contributed by atoms with Gasteiger partial charge in [0.2, 0.25) is 10.0 Å². The molecule has 3 heterocycles. The molecule has 1 fully saturated rings. The summed E-state index contributed by atoms with van der Waals surface area (Å²) in [5, 5.41) is 3.33. The zero-order valence-corrected chi connectivity index (χ0v) is 22.4. The fourth-order valence-electron chi connectivity index (χ4n) is 5.12. The lowest BCUT2D eigenvalue weighted by Crippen LogP contribution is -2.46. The van der Waals surface area contributed by atoms with Gasteiger partial charge in [-0.25, -0.2) is 8.42 Å². The molecule has 5 rings (SSSR count). The minimum absolute atomic E-state index is 0.187. The molecule has 2 aliphatic rings. The van der Waals surface area contributed by atoms with Crippen molar-refractivity contribution in [3.8, 4) is 11.3 Å². The van der Waals surface area contributed by atoms with Crippen LogP contribution in [0.5, 0.6) is 0 Å². The number of sulfonamides is 1. The Hall–Kier alpha value is -2.92. The fourth-order valence-corrected chi connectivity index (χ4v) is 6.08. The molecule has 0 spiro atoms. The number of morpholine rings is 1. The van der Waals surface area contributed by atoms with Crippen molar-refractivity contribution in [1.29, 1.82) is 0 Å². The largest absolute Gasteiger partial charge is 0.455 e. The number of carbonyl (C=O) groups is 1. The zero-order chi connectivity index (χ0) is 26.3. The van der Waals surface area contributed by atoms with E-state index in [-0.39, 0.29) is 18.6 Å². The summed E-state index contributed by atoms with van der Waals surface area (Å²) in [4.78, 5) is 15.3. The predicted molar refractivity (Wildman–Crippen MR) is 143 cm³/mol. The van der Waals surface area contributed by atoms with Gasteiger partial charge in [-0.3, -0.25) is 14.0 Å². The maximum atomic E-state index is 13.0. The molecule has 1 saturated heterocycles. The first-order valence-electron chi connectivity index (χ1n) is 12.5. The number of carbonyl (C=O) groups excluding carboxylic acids is 1. The highest BCUT2D eigenvalue weighted by Crippen LogP contribution is 2.42. The van der Waals surface area contributed by atoms with Gasteiger partial charge in [-0.05, 0) is 19.9 Å². The van der Waals surface area contributed by atoms with Crippen LogP contribution in [0.15, 0.2) is 40.8 Å². The Morgan fingerprint density at radius 2 is 1.84 bits per heavy atom. The number of hydrogen-bond donors (Lipinski definition) is 1. The first-order valence-corrected chi connectivity index (χ1v) is 14.3. The van der Waals surface area contributed by atoms with Gasteiger partial charge in [-0.1, -0.05) is 29.8 Å². The Labute approximate surface area is 217 Å². The lowest BCUT2D eigenvalue weighted by atomic mass is 10.00. The van der Waals surface area contributed by atoms with Crippen LogP contribution in [-0.4, -0.2) is 78.0 Å².